The first kappa shape index (κ1) is 25.2. The molecular formula is C22H22Cl2FN3O4. The standard InChI is InChI=1S/C22H22Cl2FN3O4/c1-14(27-21(30)13-32-17-7-8-18(24)19(25)11-17)9-10-26-20(29)12-28(2)22(31)15-3-5-16(23)6-4-15/h3-8,11H,1,9-10,12-13H2,2H3,(H,26,29)(H,27,30). The van der Waals surface area contributed by atoms with Crippen molar-refractivity contribution in [2.24, 2.45) is 0 Å². The molecule has 3 amide bonds. The lowest BCUT2D eigenvalue weighted by Crippen LogP contribution is -2.39. The van der Waals surface area contributed by atoms with Gasteiger partial charge in [0.15, 0.2) is 6.61 Å². The lowest BCUT2D eigenvalue weighted by Gasteiger charge is -2.17. The van der Waals surface area contributed by atoms with Crippen LogP contribution in [0.25, 0.3) is 0 Å². The number of carbonyl (C=O) groups is 3. The second-order valence-electron chi connectivity index (χ2n) is 6.78. The lowest BCUT2D eigenvalue weighted by atomic mass is 10.2. The summed E-state index contributed by atoms with van der Waals surface area (Å²) in [6, 6.07) is 10.2. The third kappa shape index (κ3) is 8.20. The molecular weight excluding hydrogens is 460 g/mol. The fourth-order valence-corrected chi connectivity index (χ4v) is 2.76. The van der Waals surface area contributed by atoms with Crippen LogP contribution in [-0.2, 0) is 9.59 Å². The highest BCUT2D eigenvalue weighted by Gasteiger charge is 2.15. The molecule has 32 heavy (non-hydrogen) atoms. The average Bonchev–Trinajstić information content (AvgIpc) is 2.74. The Balaban J connectivity index is 1.66. The van der Waals surface area contributed by atoms with E-state index in [0.29, 0.717) is 16.3 Å². The lowest BCUT2D eigenvalue weighted by molar-refractivity contribution is -0.122. The zero-order chi connectivity index (χ0) is 23.7. The van der Waals surface area contributed by atoms with E-state index < -0.39 is 11.7 Å². The van der Waals surface area contributed by atoms with Crippen LogP contribution in [0.1, 0.15) is 16.8 Å². The zero-order valence-corrected chi connectivity index (χ0v) is 18.8. The maximum Gasteiger partial charge on any atom is 0.262 e. The Morgan fingerprint density at radius 2 is 1.78 bits per heavy atom. The minimum absolute atomic E-state index is 0.0437. The van der Waals surface area contributed by atoms with E-state index in [0.717, 1.165) is 6.07 Å². The molecule has 0 heterocycles. The van der Waals surface area contributed by atoms with Crippen LogP contribution < -0.4 is 15.4 Å². The minimum Gasteiger partial charge on any atom is -0.484 e. The largest absolute Gasteiger partial charge is 0.484 e. The molecule has 0 aliphatic rings. The summed E-state index contributed by atoms with van der Waals surface area (Å²) in [4.78, 5) is 37.5. The molecule has 0 atom stereocenters. The number of benzene rings is 2. The van der Waals surface area contributed by atoms with Gasteiger partial charge in [0.25, 0.3) is 11.8 Å². The molecule has 0 aliphatic carbocycles. The number of nitrogens with one attached hydrogen (secondary N) is 2. The van der Waals surface area contributed by atoms with Gasteiger partial charge < -0.3 is 20.3 Å². The molecule has 0 bridgehead atoms. The van der Waals surface area contributed by atoms with Crippen molar-refractivity contribution in [1.82, 2.24) is 15.5 Å². The van der Waals surface area contributed by atoms with Gasteiger partial charge in [0.2, 0.25) is 5.91 Å². The number of likely N-dealkylation sites (N-methyl/N-ethyl adjacent to an activating group) is 1. The number of halogens is 3. The van der Waals surface area contributed by atoms with Gasteiger partial charge in [0.1, 0.15) is 11.6 Å². The Kier molecular flexibility index (Phi) is 9.49. The fraction of sp³-hybridized carbons (Fsp3) is 0.227. The second kappa shape index (κ2) is 12.1. The maximum atomic E-state index is 13.4. The number of amides is 3. The first-order chi connectivity index (χ1) is 15.2. The van der Waals surface area contributed by atoms with E-state index in [2.05, 4.69) is 17.2 Å². The van der Waals surface area contributed by atoms with E-state index in [-0.39, 0.29) is 48.7 Å². The number of rotatable bonds is 10. The van der Waals surface area contributed by atoms with Crippen LogP contribution in [0.2, 0.25) is 10.0 Å². The molecule has 0 fully saturated rings. The highest BCUT2D eigenvalue weighted by Crippen LogP contribution is 2.20. The van der Waals surface area contributed by atoms with Crippen molar-refractivity contribution in [2.75, 3.05) is 26.7 Å². The highest BCUT2D eigenvalue weighted by atomic mass is 35.5. The minimum atomic E-state index is -0.648. The Morgan fingerprint density at radius 3 is 2.44 bits per heavy atom. The smallest absolute Gasteiger partial charge is 0.262 e. The summed E-state index contributed by atoms with van der Waals surface area (Å²) >= 11 is 11.4. The molecule has 0 radical (unpaired) electrons. The van der Waals surface area contributed by atoms with Gasteiger partial charge in [-0.05, 0) is 36.4 Å². The molecule has 7 nitrogen and oxygen atoms in total. The van der Waals surface area contributed by atoms with Gasteiger partial charge in [-0.15, -0.1) is 0 Å². The normalized spacial score (nSPS) is 10.2. The average molecular weight is 482 g/mol. The van der Waals surface area contributed by atoms with Gasteiger partial charge in [0.05, 0.1) is 11.6 Å². The van der Waals surface area contributed by atoms with Crippen LogP contribution in [0.3, 0.4) is 0 Å². The van der Waals surface area contributed by atoms with Gasteiger partial charge >= 0.3 is 0 Å². The third-order valence-electron chi connectivity index (χ3n) is 4.14. The summed E-state index contributed by atoms with van der Waals surface area (Å²) < 4.78 is 18.5. The molecule has 170 valence electrons. The molecule has 10 heteroatoms. The van der Waals surface area contributed by atoms with Crippen molar-refractivity contribution in [3.05, 3.63) is 76.2 Å². The van der Waals surface area contributed by atoms with Crippen molar-refractivity contribution in [3.8, 4) is 5.75 Å². The predicted octanol–water partition coefficient (Wildman–Crippen LogP) is 3.42. The monoisotopic (exact) mass is 481 g/mol. The summed E-state index contributed by atoms with van der Waals surface area (Å²) in [6.45, 7) is 3.45. The summed E-state index contributed by atoms with van der Waals surface area (Å²) in [5.41, 5.74) is 0.788. The van der Waals surface area contributed by atoms with Gasteiger partial charge in [-0.1, -0.05) is 29.8 Å². The van der Waals surface area contributed by atoms with Crippen LogP contribution in [0.4, 0.5) is 4.39 Å². The van der Waals surface area contributed by atoms with Crippen molar-refractivity contribution >= 4 is 40.9 Å². The quantitative estimate of drug-likeness (QED) is 0.544. The van der Waals surface area contributed by atoms with E-state index in [1.54, 1.807) is 24.3 Å². The van der Waals surface area contributed by atoms with Crippen LogP contribution >= 0.6 is 23.2 Å². The highest BCUT2D eigenvalue weighted by molar-refractivity contribution is 6.31. The van der Waals surface area contributed by atoms with Crippen LogP contribution in [-0.4, -0.2) is 49.4 Å². The molecule has 2 aromatic rings. The third-order valence-corrected chi connectivity index (χ3v) is 4.70. The summed E-state index contributed by atoms with van der Waals surface area (Å²) in [5, 5.41) is 5.65. The molecule has 0 saturated carbocycles. The van der Waals surface area contributed by atoms with Crippen LogP contribution in [0, 0.1) is 5.82 Å². The number of nitrogens with zero attached hydrogens (tertiary/aromatic N) is 1. The molecule has 0 aliphatic heterocycles. The van der Waals surface area contributed by atoms with E-state index in [9.17, 15) is 18.8 Å². The molecule has 0 unspecified atom stereocenters. The Labute approximate surface area is 195 Å². The van der Waals surface area contributed by atoms with E-state index in [4.69, 9.17) is 27.9 Å². The van der Waals surface area contributed by atoms with Gasteiger partial charge in [-0.3, -0.25) is 14.4 Å². The Hall–Kier alpha value is -3.10. The van der Waals surface area contributed by atoms with Gasteiger partial charge in [-0.2, -0.15) is 0 Å². The first-order valence-electron chi connectivity index (χ1n) is 9.49. The van der Waals surface area contributed by atoms with Crippen molar-refractivity contribution in [2.45, 2.75) is 6.42 Å². The molecule has 0 saturated heterocycles. The van der Waals surface area contributed by atoms with Gasteiger partial charge in [0, 0.05) is 42.4 Å². The van der Waals surface area contributed by atoms with Gasteiger partial charge in [-0.25, -0.2) is 4.39 Å². The number of ether oxygens (including phenoxy) is 1. The van der Waals surface area contributed by atoms with Crippen LogP contribution in [0.15, 0.2) is 54.7 Å². The zero-order valence-electron chi connectivity index (χ0n) is 17.3. The SMILES string of the molecule is C=C(CCNC(=O)CN(C)C(=O)c1ccc(Cl)cc1)NC(=O)COc1ccc(Cl)c(F)c1. The van der Waals surface area contributed by atoms with E-state index in [1.165, 1.54) is 24.1 Å². The molecule has 2 rings (SSSR count). The van der Waals surface area contributed by atoms with Crippen molar-refractivity contribution in [3.63, 3.8) is 0 Å². The van der Waals surface area contributed by atoms with Crippen molar-refractivity contribution in [1.29, 1.82) is 0 Å². The summed E-state index contributed by atoms with van der Waals surface area (Å²) in [7, 11) is 1.52. The summed E-state index contributed by atoms with van der Waals surface area (Å²) in [5.74, 6) is -1.64. The summed E-state index contributed by atoms with van der Waals surface area (Å²) in [6.07, 6.45) is 0.280. The molecule has 0 spiro atoms. The molecule has 0 aromatic heterocycles. The van der Waals surface area contributed by atoms with Crippen LogP contribution in [0.5, 0.6) is 5.75 Å². The first-order valence-corrected chi connectivity index (χ1v) is 10.2. The topological polar surface area (TPSA) is 87.7 Å². The van der Waals surface area contributed by atoms with Crippen molar-refractivity contribution < 1.29 is 23.5 Å². The Morgan fingerprint density at radius 1 is 1.09 bits per heavy atom. The number of hydrogen-bond acceptors (Lipinski definition) is 4. The predicted molar refractivity (Wildman–Crippen MR) is 120 cm³/mol. The maximum absolute atomic E-state index is 13.4. The van der Waals surface area contributed by atoms with E-state index in [1.807, 2.05) is 0 Å². The number of hydrogen-bond donors (Lipinski definition) is 2. The second-order valence-corrected chi connectivity index (χ2v) is 7.63. The van der Waals surface area contributed by atoms with E-state index >= 15 is 0 Å². The molecule has 2 aromatic carbocycles. The fourth-order valence-electron chi connectivity index (χ4n) is 2.52. The number of carbonyl (C=O) groups excluding carboxylic acids is 3. The molecule has 2 N–H and O–H groups in total. The Bertz CT molecular complexity index is 999.